The molecule has 0 radical (unpaired) electrons. The van der Waals surface area contributed by atoms with Crippen molar-refractivity contribution in [3.05, 3.63) is 16.5 Å². The molecule has 0 unspecified atom stereocenters. The average molecular weight is 326 g/mol. The van der Waals surface area contributed by atoms with E-state index >= 15 is 0 Å². The summed E-state index contributed by atoms with van der Waals surface area (Å²) in [4.78, 5) is 11.4. The molecule has 1 aromatic rings. The fourth-order valence-electron chi connectivity index (χ4n) is 2.92. The lowest BCUT2D eigenvalue weighted by Gasteiger charge is -2.35. The van der Waals surface area contributed by atoms with E-state index in [1.165, 1.54) is 32.1 Å². The molecule has 106 valence electrons. The van der Waals surface area contributed by atoms with Crippen molar-refractivity contribution in [3.63, 3.8) is 0 Å². The Hall–Kier alpha value is -0.640. The maximum Gasteiger partial charge on any atom is 0.133 e. The smallest absolute Gasteiger partial charge is 0.133 e. The fourth-order valence-corrected chi connectivity index (χ4v) is 3.33. The van der Waals surface area contributed by atoms with Crippen LogP contribution in [0.4, 0.5) is 5.82 Å². The lowest BCUT2D eigenvalue weighted by atomic mass is 9.84. The van der Waals surface area contributed by atoms with Gasteiger partial charge in [0.05, 0.1) is 0 Å². The Morgan fingerprint density at radius 1 is 1.21 bits per heavy atom. The highest BCUT2D eigenvalue weighted by Gasteiger charge is 2.24. The van der Waals surface area contributed by atoms with Gasteiger partial charge in [-0.25, -0.2) is 9.97 Å². The van der Waals surface area contributed by atoms with E-state index in [1.807, 2.05) is 6.07 Å². The maximum absolute atomic E-state index is 4.65. The molecule has 0 aliphatic heterocycles. The number of halogens is 1. The predicted octanol–water partition coefficient (Wildman–Crippen LogP) is 4.21. The van der Waals surface area contributed by atoms with E-state index in [0.717, 1.165) is 28.6 Å². The van der Waals surface area contributed by atoms with Gasteiger partial charge >= 0.3 is 0 Å². The molecule has 1 aliphatic carbocycles. The van der Waals surface area contributed by atoms with Gasteiger partial charge in [-0.3, -0.25) is 0 Å². The van der Waals surface area contributed by atoms with Crippen molar-refractivity contribution < 1.29 is 0 Å². The van der Waals surface area contributed by atoms with E-state index in [-0.39, 0.29) is 0 Å². The Kier molecular flexibility index (Phi) is 5.20. The number of anilines is 1. The summed E-state index contributed by atoms with van der Waals surface area (Å²) in [5.41, 5.74) is 0. The van der Waals surface area contributed by atoms with E-state index in [0.29, 0.717) is 6.04 Å². The molecule has 0 bridgehead atoms. The van der Waals surface area contributed by atoms with E-state index < -0.39 is 0 Å². The third-order valence-electron chi connectivity index (χ3n) is 4.35. The average Bonchev–Trinajstić information content (AvgIpc) is 2.46. The third kappa shape index (κ3) is 3.68. The minimum atomic E-state index is 0.634. The van der Waals surface area contributed by atoms with Crippen LogP contribution >= 0.6 is 15.9 Å². The fraction of sp³-hybridized carbons (Fsp3) is 0.733. The summed E-state index contributed by atoms with van der Waals surface area (Å²) in [5.74, 6) is 2.91. The van der Waals surface area contributed by atoms with Gasteiger partial charge in [-0.2, -0.15) is 0 Å². The molecule has 0 spiro atoms. The molecule has 1 fully saturated rings. The molecule has 0 amide bonds. The van der Waals surface area contributed by atoms with Crippen LogP contribution in [-0.4, -0.2) is 23.1 Å². The van der Waals surface area contributed by atoms with Gasteiger partial charge in [-0.1, -0.05) is 20.3 Å². The quantitative estimate of drug-likeness (QED) is 0.776. The summed E-state index contributed by atoms with van der Waals surface area (Å²) in [6.07, 6.45) is 7.51. The van der Waals surface area contributed by atoms with Crippen molar-refractivity contribution in [2.24, 2.45) is 5.92 Å². The van der Waals surface area contributed by atoms with Gasteiger partial charge in [0.1, 0.15) is 16.2 Å². The molecule has 0 N–H and O–H groups in total. The standard InChI is InChI=1S/C15H24BrN3/c1-4-11-6-8-12(9-7-11)19(3)15-10-13(16)17-14(5-2)18-15/h10-12H,4-9H2,1-3H3. The minimum absolute atomic E-state index is 0.634. The van der Waals surface area contributed by atoms with Crippen molar-refractivity contribution in [1.82, 2.24) is 9.97 Å². The van der Waals surface area contributed by atoms with Crippen LogP contribution in [0.3, 0.4) is 0 Å². The van der Waals surface area contributed by atoms with Gasteiger partial charge in [-0.15, -0.1) is 0 Å². The molecule has 1 heterocycles. The highest BCUT2D eigenvalue weighted by molar-refractivity contribution is 9.10. The number of nitrogens with zero attached hydrogens (tertiary/aromatic N) is 3. The Bertz CT molecular complexity index is 414. The van der Waals surface area contributed by atoms with Crippen molar-refractivity contribution in [1.29, 1.82) is 0 Å². The van der Waals surface area contributed by atoms with Crippen LogP contribution in [0.15, 0.2) is 10.7 Å². The van der Waals surface area contributed by atoms with Crippen LogP contribution in [0.1, 0.15) is 51.8 Å². The summed E-state index contributed by atoms with van der Waals surface area (Å²) < 4.78 is 0.892. The second-order valence-corrected chi connectivity index (χ2v) is 6.32. The topological polar surface area (TPSA) is 29.0 Å². The zero-order valence-corrected chi connectivity index (χ0v) is 13.8. The molecule has 2 rings (SSSR count). The first-order chi connectivity index (χ1) is 9.13. The molecule has 1 aliphatic rings. The van der Waals surface area contributed by atoms with Crippen molar-refractivity contribution in [3.8, 4) is 0 Å². The summed E-state index contributed by atoms with van der Waals surface area (Å²) in [5, 5.41) is 0. The molecule has 0 saturated heterocycles. The molecule has 0 atom stereocenters. The zero-order chi connectivity index (χ0) is 13.8. The molecule has 3 nitrogen and oxygen atoms in total. The highest BCUT2D eigenvalue weighted by Crippen LogP contribution is 2.31. The SMILES string of the molecule is CCc1nc(Br)cc(N(C)C2CCC(CC)CC2)n1. The molecule has 19 heavy (non-hydrogen) atoms. The van der Waals surface area contributed by atoms with Crippen LogP contribution in [0.5, 0.6) is 0 Å². The van der Waals surface area contributed by atoms with Crippen LogP contribution in [0.2, 0.25) is 0 Å². The first kappa shape index (κ1) is 14.8. The molecule has 4 heteroatoms. The van der Waals surface area contributed by atoms with Crippen LogP contribution in [0, 0.1) is 5.92 Å². The van der Waals surface area contributed by atoms with Crippen LogP contribution in [-0.2, 0) is 6.42 Å². The number of aryl methyl sites for hydroxylation is 1. The lowest BCUT2D eigenvalue weighted by Crippen LogP contribution is -2.35. The number of hydrogen-bond donors (Lipinski definition) is 0. The van der Waals surface area contributed by atoms with Gasteiger partial charge in [0.2, 0.25) is 0 Å². The highest BCUT2D eigenvalue weighted by atomic mass is 79.9. The van der Waals surface area contributed by atoms with E-state index in [2.05, 4.69) is 51.7 Å². The Morgan fingerprint density at radius 2 is 1.89 bits per heavy atom. The molecule has 0 aromatic carbocycles. The lowest BCUT2D eigenvalue weighted by molar-refractivity contribution is 0.313. The first-order valence-corrected chi connectivity index (χ1v) is 8.19. The monoisotopic (exact) mass is 325 g/mol. The van der Waals surface area contributed by atoms with Gasteiger partial charge in [0, 0.05) is 25.6 Å². The number of aromatic nitrogens is 2. The second kappa shape index (κ2) is 6.69. The molecule has 1 saturated carbocycles. The molecular formula is C15H24BrN3. The van der Waals surface area contributed by atoms with Crippen molar-refractivity contribution >= 4 is 21.7 Å². The van der Waals surface area contributed by atoms with E-state index in [4.69, 9.17) is 0 Å². The third-order valence-corrected chi connectivity index (χ3v) is 4.75. The van der Waals surface area contributed by atoms with Crippen LogP contribution in [0.25, 0.3) is 0 Å². The van der Waals surface area contributed by atoms with Crippen LogP contribution < -0.4 is 4.90 Å². The van der Waals surface area contributed by atoms with Gasteiger partial charge < -0.3 is 4.90 Å². The van der Waals surface area contributed by atoms with Crippen molar-refractivity contribution in [2.75, 3.05) is 11.9 Å². The summed E-state index contributed by atoms with van der Waals surface area (Å²) >= 11 is 3.49. The Morgan fingerprint density at radius 3 is 2.47 bits per heavy atom. The number of hydrogen-bond acceptors (Lipinski definition) is 3. The normalized spacial score (nSPS) is 23.4. The Labute approximate surface area is 125 Å². The summed E-state index contributed by atoms with van der Waals surface area (Å²) in [7, 11) is 2.17. The Balaban J connectivity index is 2.07. The number of rotatable bonds is 4. The van der Waals surface area contributed by atoms with Gasteiger partial charge in [0.25, 0.3) is 0 Å². The summed E-state index contributed by atoms with van der Waals surface area (Å²) in [6, 6.07) is 2.67. The van der Waals surface area contributed by atoms with E-state index in [9.17, 15) is 0 Å². The molecule has 1 aromatic heterocycles. The summed E-state index contributed by atoms with van der Waals surface area (Å²) in [6.45, 7) is 4.40. The minimum Gasteiger partial charge on any atom is -0.357 e. The predicted molar refractivity (Wildman–Crippen MR) is 83.6 cm³/mol. The second-order valence-electron chi connectivity index (χ2n) is 5.51. The van der Waals surface area contributed by atoms with E-state index in [1.54, 1.807) is 0 Å². The van der Waals surface area contributed by atoms with Gasteiger partial charge in [0.15, 0.2) is 0 Å². The first-order valence-electron chi connectivity index (χ1n) is 7.40. The van der Waals surface area contributed by atoms with Crippen molar-refractivity contribution in [2.45, 2.75) is 58.4 Å². The maximum atomic E-state index is 4.65. The largest absolute Gasteiger partial charge is 0.357 e. The van der Waals surface area contributed by atoms with Gasteiger partial charge in [-0.05, 0) is 47.5 Å². The zero-order valence-electron chi connectivity index (χ0n) is 12.2. The molecular weight excluding hydrogens is 302 g/mol.